The number of rotatable bonds is 5. The molecule has 2 aromatic rings. The largest absolute Gasteiger partial charge is 0.333 e. The van der Waals surface area contributed by atoms with Crippen molar-refractivity contribution in [3.05, 3.63) is 45.8 Å². The molecule has 19 heavy (non-hydrogen) atoms. The van der Waals surface area contributed by atoms with Gasteiger partial charge in [0.25, 0.3) is 5.69 Å². The van der Waals surface area contributed by atoms with Crippen LogP contribution in [-0.4, -0.2) is 15.1 Å². The highest BCUT2D eigenvalue weighted by Crippen LogP contribution is 2.19. The maximum atomic E-state index is 10.9. The van der Waals surface area contributed by atoms with E-state index < -0.39 is 4.92 Å². The SMILES string of the molecule is CC(C)c1noc(NCc2ccccc2[N+](=O)[O-])n1. The first-order chi connectivity index (χ1) is 9.08. The predicted molar refractivity (Wildman–Crippen MR) is 68.8 cm³/mol. The highest BCUT2D eigenvalue weighted by molar-refractivity contribution is 5.41. The first-order valence-corrected chi connectivity index (χ1v) is 5.87. The Bertz CT molecular complexity index is 580. The zero-order valence-electron chi connectivity index (χ0n) is 10.7. The first kappa shape index (κ1) is 13.0. The van der Waals surface area contributed by atoms with Crippen LogP contribution >= 0.6 is 0 Å². The van der Waals surface area contributed by atoms with Crippen LogP contribution in [0.4, 0.5) is 11.7 Å². The number of hydrogen-bond donors (Lipinski definition) is 1. The van der Waals surface area contributed by atoms with Gasteiger partial charge in [0, 0.05) is 17.5 Å². The van der Waals surface area contributed by atoms with Crippen molar-refractivity contribution in [2.75, 3.05) is 5.32 Å². The molecule has 0 saturated carbocycles. The molecule has 0 bridgehead atoms. The average molecular weight is 262 g/mol. The number of aromatic nitrogens is 2. The molecule has 0 aliphatic heterocycles. The summed E-state index contributed by atoms with van der Waals surface area (Å²) < 4.78 is 5.01. The minimum atomic E-state index is -0.412. The van der Waals surface area contributed by atoms with E-state index in [4.69, 9.17) is 4.52 Å². The molecule has 0 amide bonds. The fourth-order valence-electron chi connectivity index (χ4n) is 1.55. The Labute approximate surface area is 109 Å². The molecule has 7 nitrogen and oxygen atoms in total. The lowest BCUT2D eigenvalue weighted by molar-refractivity contribution is -0.385. The van der Waals surface area contributed by atoms with Gasteiger partial charge < -0.3 is 9.84 Å². The van der Waals surface area contributed by atoms with E-state index in [1.165, 1.54) is 6.07 Å². The lowest BCUT2D eigenvalue weighted by Crippen LogP contribution is -2.03. The lowest BCUT2D eigenvalue weighted by Gasteiger charge is -2.02. The van der Waals surface area contributed by atoms with Crippen molar-refractivity contribution in [3.8, 4) is 0 Å². The summed E-state index contributed by atoms with van der Waals surface area (Å²) in [5.74, 6) is 0.774. The van der Waals surface area contributed by atoms with E-state index in [2.05, 4.69) is 15.5 Å². The molecule has 0 fully saturated rings. The van der Waals surface area contributed by atoms with Gasteiger partial charge in [0.1, 0.15) is 0 Å². The third-order valence-electron chi connectivity index (χ3n) is 2.58. The van der Waals surface area contributed by atoms with Gasteiger partial charge in [-0.2, -0.15) is 4.98 Å². The molecule has 100 valence electrons. The van der Waals surface area contributed by atoms with E-state index in [1.54, 1.807) is 18.2 Å². The number of nitrogens with zero attached hydrogens (tertiary/aromatic N) is 3. The third kappa shape index (κ3) is 3.06. The normalized spacial score (nSPS) is 10.7. The second kappa shape index (κ2) is 5.47. The average Bonchev–Trinajstić information content (AvgIpc) is 2.85. The van der Waals surface area contributed by atoms with Crippen LogP contribution in [0.1, 0.15) is 31.2 Å². The predicted octanol–water partition coefficient (Wildman–Crippen LogP) is 2.71. The van der Waals surface area contributed by atoms with Crippen LogP contribution in [0.25, 0.3) is 0 Å². The minimum Gasteiger partial charge on any atom is -0.333 e. The molecule has 0 aliphatic rings. The van der Waals surface area contributed by atoms with Crippen molar-refractivity contribution >= 4 is 11.7 Å². The standard InChI is InChI=1S/C12H14N4O3/c1-8(2)11-14-12(19-15-11)13-7-9-5-3-4-6-10(9)16(17)18/h3-6,8H,7H2,1-2H3,(H,13,14,15). The van der Waals surface area contributed by atoms with Crippen LogP contribution in [0.5, 0.6) is 0 Å². The van der Waals surface area contributed by atoms with E-state index in [0.717, 1.165) is 0 Å². The molecular weight excluding hydrogens is 248 g/mol. The molecule has 1 heterocycles. The summed E-state index contributed by atoms with van der Waals surface area (Å²) in [4.78, 5) is 14.6. The zero-order chi connectivity index (χ0) is 13.8. The molecule has 0 saturated heterocycles. The smallest absolute Gasteiger partial charge is 0.321 e. The van der Waals surface area contributed by atoms with Crippen LogP contribution in [-0.2, 0) is 6.54 Å². The van der Waals surface area contributed by atoms with E-state index in [0.29, 0.717) is 11.4 Å². The number of hydrogen-bond acceptors (Lipinski definition) is 6. The molecule has 0 aliphatic carbocycles. The highest BCUT2D eigenvalue weighted by Gasteiger charge is 2.14. The highest BCUT2D eigenvalue weighted by atomic mass is 16.6. The number of para-hydroxylation sites is 1. The number of nitrogens with one attached hydrogen (secondary N) is 1. The summed E-state index contributed by atoms with van der Waals surface area (Å²) in [5.41, 5.74) is 0.635. The van der Waals surface area contributed by atoms with Crippen molar-refractivity contribution in [2.24, 2.45) is 0 Å². The number of nitro benzene ring substituents is 1. The van der Waals surface area contributed by atoms with Crippen LogP contribution in [0.15, 0.2) is 28.8 Å². The summed E-state index contributed by atoms with van der Waals surface area (Å²) in [7, 11) is 0. The quantitative estimate of drug-likeness (QED) is 0.657. The second-order valence-electron chi connectivity index (χ2n) is 4.35. The van der Waals surface area contributed by atoms with Crippen LogP contribution < -0.4 is 5.32 Å². The van der Waals surface area contributed by atoms with Gasteiger partial charge in [-0.25, -0.2) is 0 Å². The molecule has 2 rings (SSSR count). The summed E-state index contributed by atoms with van der Waals surface area (Å²) >= 11 is 0. The second-order valence-corrected chi connectivity index (χ2v) is 4.35. The van der Waals surface area contributed by atoms with Gasteiger partial charge >= 0.3 is 6.01 Å². The van der Waals surface area contributed by atoms with Gasteiger partial charge in [-0.3, -0.25) is 10.1 Å². The Morgan fingerprint density at radius 3 is 2.79 bits per heavy atom. The molecule has 0 radical (unpaired) electrons. The van der Waals surface area contributed by atoms with Gasteiger partial charge in [0.15, 0.2) is 5.82 Å². The molecule has 0 spiro atoms. The van der Waals surface area contributed by atoms with Crippen molar-refractivity contribution in [1.29, 1.82) is 0 Å². The molecule has 1 aromatic heterocycles. The van der Waals surface area contributed by atoms with Gasteiger partial charge in [0.05, 0.1) is 11.5 Å². The summed E-state index contributed by atoms with van der Waals surface area (Å²) in [6.45, 7) is 4.17. The summed E-state index contributed by atoms with van der Waals surface area (Å²) in [6, 6.07) is 6.79. The third-order valence-corrected chi connectivity index (χ3v) is 2.58. The molecule has 7 heteroatoms. The van der Waals surface area contributed by atoms with Crippen LogP contribution in [0, 0.1) is 10.1 Å². The van der Waals surface area contributed by atoms with E-state index >= 15 is 0 Å². The van der Waals surface area contributed by atoms with Crippen molar-refractivity contribution in [2.45, 2.75) is 26.3 Å². The van der Waals surface area contributed by atoms with Crippen molar-refractivity contribution in [3.63, 3.8) is 0 Å². The topological polar surface area (TPSA) is 94.1 Å². The first-order valence-electron chi connectivity index (χ1n) is 5.87. The number of anilines is 1. The molecule has 0 atom stereocenters. The van der Waals surface area contributed by atoms with Crippen LogP contribution in [0.3, 0.4) is 0 Å². The van der Waals surface area contributed by atoms with Gasteiger partial charge in [-0.15, -0.1) is 0 Å². The van der Waals surface area contributed by atoms with Gasteiger partial charge in [-0.1, -0.05) is 37.2 Å². The number of benzene rings is 1. The number of nitro groups is 1. The minimum absolute atomic E-state index is 0.0681. The van der Waals surface area contributed by atoms with Crippen molar-refractivity contribution in [1.82, 2.24) is 10.1 Å². The Morgan fingerprint density at radius 2 is 2.16 bits per heavy atom. The van der Waals surface area contributed by atoms with Gasteiger partial charge in [0.2, 0.25) is 0 Å². The Hall–Kier alpha value is -2.44. The molecule has 1 aromatic carbocycles. The summed E-state index contributed by atoms with van der Waals surface area (Å²) in [6.07, 6.45) is 0. The molecule has 1 N–H and O–H groups in total. The monoisotopic (exact) mass is 262 g/mol. The van der Waals surface area contributed by atoms with Crippen LogP contribution in [0.2, 0.25) is 0 Å². The molecule has 0 unspecified atom stereocenters. The lowest BCUT2D eigenvalue weighted by atomic mass is 10.2. The zero-order valence-corrected chi connectivity index (χ0v) is 10.7. The van der Waals surface area contributed by atoms with Gasteiger partial charge in [-0.05, 0) is 0 Å². The fraction of sp³-hybridized carbons (Fsp3) is 0.333. The Kier molecular flexibility index (Phi) is 3.74. The molecular formula is C12H14N4O3. The summed E-state index contributed by atoms with van der Waals surface area (Å²) in [5, 5.41) is 17.5. The Morgan fingerprint density at radius 1 is 1.42 bits per heavy atom. The maximum absolute atomic E-state index is 10.9. The van der Waals surface area contributed by atoms with E-state index in [9.17, 15) is 10.1 Å². The van der Waals surface area contributed by atoms with E-state index in [1.807, 2.05) is 13.8 Å². The van der Waals surface area contributed by atoms with Crippen molar-refractivity contribution < 1.29 is 9.45 Å². The fourth-order valence-corrected chi connectivity index (χ4v) is 1.55. The maximum Gasteiger partial charge on any atom is 0.321 e. The Balaban J connectivity index is 2.08. The van der Waals surface area contributed by atoms with E-state index in [-0.39, 0.29) is 24.2 Å².